The molecule has 4 nitrogen and oxygen atoms in total. The summed E-state index contributed by atoms with van der Waals surface area (Å²) in [6, 6.07) is -0.500. The van der Waals surface area contributed by atoms with Crippen LogP contribution in [0.25, 0.3) is 0 Å². The van der Waals surface area contributed by atoms with Crippen molar-refractivity contribution < 1.29 is 4.79 Å². The summed E-state index contributed by atoms with van der Waals surface area (Å²) >= 11 is 0. The number of likely N-dealkylation sites (tertiary alicyclic amines) is 1. The van der Waals surface area contributed by atoms with E-state index in [1.807, 2.05) is 0 Å². The molecule has 0 spiro atoms. The maximum atomic E-state index is 10.9. The predicted molar refractivity (Wildman–Crippen MR) is 63.7 cm³/mol. The third-order valence-electron chi connectivity index (χ3n) is 4.20. The number of nitrogens with zero attached hydrogens (tertiary/aromatic N) is 1. The molecule has 0 aromatic carbocycles. The largest absolute Gasteiger partial charge is 0.368 e. The van der Waals surface area contributed by atoms with E-state index in [1.165, 1.54) is 32.1 Å². The number of carbonyl (C=O) groups is 1. The minimum absolute atomic E-state index is 0.384. The van der Waals surface area contributed by atoms with E-state index >= 15 is 0 Å². The Labute approximate surface area is 97.3 Å². The third-order valence-corrected chi connectivity index (χ3v) is 4.20. The molecule has 1 saturated carbocycles. The van der Waals surface area contributed by atoms with Crippen LogP contribution in [0.3, 0.4) is 0 Å². The van der Waals surface area contributed by atoms with Crippen molar-refractivity contribution in [3.63, 3.8) is 0 Å². The molecule has 2 fully saturated rings. The molecule has 3 atom stereocenters. The van der Waals surface area contributed by atoms with Crippen LogP contribution in [0.4, 0.5) is 0 Å². The summed E-state index contributed by atoms with van der Waals surface area (Å²) in [5.74, 6) is 1.38. The molecule has 1 heterocycles. The molecule has 16 heavy (non-hydrogen) atoms. The Balaban J connectivity index is 1.83. The van der Waals surface area contributed by atoms with E-state index in [4.69, 9.17) is 11.5 Å². The van der Waals surface area contributed by atoms with Crippen LogP contribution in [-0.4, -0.2) is 36.5 Å². The standard InChI is InChI=1S/C12H23N3O/c13-11(12(14)16)8-15-6-5-9-3-1-2-4-10(9)7-15/h9-11H,1-8,13H2,(H2,14,16). The highest BCUT2D eigenvalue weighted by molar-refractivity contribution is 5.79. The van der Waals surface area contributed by atoms with E-state index in [2.05, 4.69) is 4.90 Å². The first kappa shape index (κ1) is 11.9. The van der Waals surface area contributed by atoms with Gasteiger partial charge in [-0.3, -0.25) is 4.79 Å². The zero-order valence-corrected chi connectivity index (χ0v) is 9.90. The quantitative estimate of drug-likeness (QED) is 0.726. The molecule has 4 heteroatoms. The highest BCUT2D eigenvalue weighted by atomic mass is 16.1. The maximum absolute atomic E-state index is 10.9. The van der Waals surface area contributed by atoms with Crippen molar-refractivity contribution in [3.05, 3.63) is 0 Å². The minimum Gasteiger partial charge on any atom is -0.368 e. The Morgan fingerprint density at radius 2 is 1.94 bits per heavy atom. The number of primary amides is 1. The van der Waals surface area contributed by atoms with Gasteiger partial charge in [-0.2, -0.15) is 0 Å². The summed E-state index contributed by atoms with van der Waals surface area (Å²) < 4.78 is 0. The SMILES string of the molecule is NC(=O)C(N)CN1CCC2CCCCC2C1. The van der Waals surface area contributed by atoms with Gasteiger partial charge in [-0.15, -0.1) is 0 Å². The van der Waals surface area contributed by atoms with Crippen molar-refractivity contribution in [3.8, 4) is 0 Å². The zero-order chi connectivity index (χ0) is 11.5. The van der Waals surface area contributed by atoms with Gasteiger partial charge in [0.2, 0.25) is 5.91 Å². The summed E-state index contributed by atoms with van der Waals surface area (Å²) in [7, 11) is 0. The predicted octanol–water partition coefficient (Wildman–Crippen LogP) is 0.311. The van der Waals surface area contributed by atoms with E-state index in [1.54, 1.807) is 0 Å². The summed E-state index contributed by atoms with van der Waals surface area (Å²) in [6.07, 6.45) is 6.81. The molecule has 1 aliphatic carbocycles. The first-order valence-electron chi connectivity index (χ1n) is 6.44. The van der Waals surface area contributed by atoms with Gasteiger partial charge >= 0.3 is 0 Å². The molecule has 1 aliphatic heterocycles. The van der Waals surface area contributed by atoms with E-state index in [0.29, 0.717) is 6.54 Å². The molecule has 2 aliphatic rings. The second kappa shape index (κ2) is 5.15. The average molecular weight is 225 g/mol. The fourth-order valence-electron chi connectivity index (χ4n) is 3.21. The normalized spacial score (nSPS) is 33.1. The van der Waals surface area contributed by atoms with Crippen LogP contribution >= 0.6 is 0 Å². The smallest absolute Gasteiger partial charge is 0.235 e. The summed E-state index contributed by atoms with van der Waals surface area (Å²) in [5, 5.41) is 0. The summed E-state index contributed by atoms with van der Waals surface area (Å²) in [4.78, 5) is 13.2. The molecule has 1 amide bonds. The Morgan fingerprint density at radius 1 is 1.25 bits per heavy atom. The van der Waals surface area contributed by atoms with Crippen LogP contribution in [0, 0.1) is 11.8 Å². The molecular formula is C12H23N3O. The van der Waals surface area contributed by atoms with E-state index < -0.39 is 6.04 Å². The van der Waals surface area contributed by atoms with Gasteiger partial charge in [-0.1, -0.05) is 19.3 Å². The number of nitrogens with two attached hydrogens (primary N) is 2. The molecule has 0 radical (unpaired) electrons. The second-order valence-corrected chi connectivity index (χ2v) is 5.36. The van der Waals surface area contributed by atoms with E-state index in [0.717, 1.165) is 24.9 Å². The van der Waals surface area contributed by atoms with E-state index in [9.17, 15) is 4.79 Å². The highest BCUT2D eigenvalue weighted by Gasteiger charge is 2.31. The third kappa shape index (κ3) is 2.74. The van der Waals surface area contributed by atoms with Crippen LogP contribution < -0.4 is 11.5 Å². The average Bonchev–Trinajstić information content (AvgIpc) is 2.28. The molecule has 4 N–H and O–H groups in total. The van der Waals surface area contributed by atoms with Crippen molar-refractivity contribution in [1.29, 1.82) is 0 Å². The second-order valence-electron chi connectivity index (χ2n) is 5.36. The molecule has 0 bridgehead atoms. The number of hydrogen-bond acceptors (Lipinski definition) is 3. The van der Waals surface area contributed by atoms with Crippen molar-refractivity contribution >= 4 is 5.91 Å². The zero-order valence-electron chi connectivity index (χ0n) is 9.90. The van der Waals surface area contributed by atoms with Gasteiger partial charge in [-0.25, -0.2) is 0 Å². The van der Waals surface area contributed by atoms with Gasteiger partial charge < -0.3 is 16.4 Å². The van der Waals surface area contributed by atoms with Crippen molar-refractivity contribution in [1.82, 2.24) is 4.90 Å². The van der Waals surface area contributed by atoms with Crippen LogP contribution in [0.5, 0.6) is 0 Å². The van der Waals surface area contributed by atoms with Gasteiger partial charge in [0.25, 0.3) is 0 Å². The van der Waals surface area contributed by atoms with Crippen LogP contribution in [0.2, 0.25) is 0 Å². The van der Waals surface area contributed by atoms with Gasteiger partial charge in [0.1, 0.15) is 0 Å². The van der Waals surface area contributed by atoms with Crippen LogP contribution in [0.15, 0.2) is 0 Å². The lowest BCUT2D eigenvalue weighted by atomic mass is 9.75. The Bertz CT molecular complexity index is 257. The number of amides is 1. The Morgan fingerprint density at radius 3 is 2.62 bits per heavy atom. The van der Waals surface area contributed by atoms with E-state index in [-0.39, 0.29) is 5.91 Å². The maximum Gasteiger partial charge on any atom is 0.235 e. The number of hydrogen-bond donors (Lipinski definition) is 2. The monoisotopic (exact) mass is 225 g/mol. The van der Waals surface area contributed by atoms with Crippen LogP contribution in [-0.2, 0) is 4.79 Å². The number of fused-ring (bicyclic) bond motifs is 1. The number of carbonyl (C=O) groups excluding carboxylic acids is 1. The molecule has 2 rings (SSSR count). The minimum atomic E-state index is -0.500. The van der Waals surface area contributed by atoms with Gasteiger partial charge in [0, 0.05) is 13.1 Å². The van der Waals surface area contributed by atoms with Crippen molar-refractivity contribution in [2.24, 2.45) is 23.3 Å². The van der Waals surface area contributed by atoms with Gasteiger partial charge in [0.05, 0.1) is 6.04 Å². The first-order chi connectivity index (χ1) is 7.66. The molecule has 92 valence electrons. The lowest BCUT2D eigenvalue weighted by Gasteiger charge is -2.41. The number of rotatable bonds is 3. The Kier molecular flexibility index (Phi) is 3.82. The topological polar surface area (TPSA) is 72.3 Å². The van der Waals surface area contributed by atoms with Crippen molar-refractivity contribution in [2.75, 3.05) is 19.6 Å². The highest BCUT2D eigenvalue weighted by Crippen LogP contribution is 2.35. The Hall–Kier alpha value is -0.610. The molecule has 0 aromatic rings. The number of piperidine rings is 1. The van der Waals surface area contributed by atoms with Crippen molar-refractivity contribution in [2.45, 2.75) is 38.1 Å². The summed E-state index contributed by atoms with van der Waals surface area (Å²) in [6.45, 7) is 2.84. The molecular weight excluding hydrogens is 202 g/mol. The lowest BCUT2D eigenvalue weighted by Crippen LogP contribution is -2.50. The molecule has 1 saturated heterocycles. The fourth-order valence-corrected chi connectivity index (χ4v) is 3.21. The summed E-state index contributed by atoms with van der Waals surface area (Å²) in [5.41, 5.74) is 10.9. The molecule has 0 aromatic heterocycles. The first-order valence-corrected chi connectivity index (χ1v) is 6.44. The molecule has 3 unspecified atom stereocenters. The van der Waals surface area contributed by atoms with Crippen LogP contribution in [0.1, 0.15) is 32.1 Å². The fraction of sp³-hybridized carbons (Fsp3) is 0.917. The van der Waals surface area contributed by atoms with Gasteiger partial charge in [-0.05, 0) is 31.2 Å². The lowest BCUT2D eigenvalue weighted by molar-refractivity contribution is -0.119. The van der Waals surface area contributed by atoms with Gasteiger partial charge in [0.15, 0.2) is 0 Å².